The normalized spacial score (nSPS) is 11.3. The topological polar surface area (TPSA) is 157 Å². The number of aliphatic imine (C=N–C) groups is 1. The summed E-state index contributed by atoms with van der Waals surface area (Å²) in [6.07, 6.45) is -0.455. The van der Waals surface area contributed by atoms with Crippen LogP contribution in [0.3, 0.4) is 0 Å². The molecule has 36 heavy (non-hydrogen) atoms. The molecular formula is C25H22ClFN4O5. The first-order valence-electron chi connectivity index (χ1n) is 10.6. The van der Waals surface area contributed by atoms with Gasteiger partial charge in [0.2, 0.25) is 5.91 Å². The molecule has 0 aliphatic heterocycles. The number of carbonyl (C=O) groups is 3. The van der Waals surface area contributed by atoms with Gasteiger partial charge in [-0.15, -0.1) is 0 Å². The molecule has 0 aromatic heterocycles. The monoisotopic (exact) mass is 512 g/mol. The number of aliphatic carboxylic acids is 1. The van der Waals surface area contributed by atoms with Crippen LogP contribution in [0, 0.1) is 5.82 Å². The molecule has 0 aliphatic carbocycles. The average Bonchev–Trinajstić information content (AvgIpc) is 2.81. The molecule has 6 N–H and O–H groups in total. The van der Waals surface area contributed by atoms with Gasteiger partial charge < -0.3 is 26.6 Å². The largest absolute Gasteiger partial charge is 0.480 e. The summed E-state index contributed by atoms with van der Waals surface area (Å²) < 4.78 is 19.2. The zero-order chi connectivity index (χ0) is 26.2. The van der Waals surface area contributed by atoms with E-state index in [-0.39, 0.29) is 40.7 Å². The summed E-state index contributed by atoms with van der Waals surface area (Å²) >= 11 is 6.25. The molecule has 9 nitrogen and oxygen atoms in total. The molecule has 0 saturated carbocycles. The van der Waals surface area contributed by atoms with Crippen molar-refractivity contribution in [3.05, 3.63) is 94.3 Å². The van der Waals surface area contributed by atoms with Gasteiger partial charge in [-0.1, -0.05) is 35.9 Å². The zero-order valence-corrected chi connectivity index (χ0v) is 19.5. The Morgan fingerprint density at radius 2 is 1.72 bits per heavy atom. The predicted molar refractivity (Wildman–Crippen MR) is 132 cm³/mol. The van der Waals surface area contributed by atoms with E-state index >= 15 is 0 Å². The fourth-order valence-electron chi connectivity index (χ4n) is 3.22. The van der Waals surface area contributed by atoms with Gasteiger partial charge in [0.15, 0.2) is 5.96 Å². The smallest absolute Gasteiger partial charge is 0.343 e. The maximum absolute atomic E-state index is 13.9. The number of halogens is 2. The molecule has 0 unspecified atom stereocenters. The van der Waals surface area contributed by atoms with Gasteiger partial charge in [-0.25, -0.2) is 19.0 Å². The Balaban J connectivity index is 1.62. The van der Waals surface area contributed by atoms with Crippen molar-refractivity contribution in [2.75, 3.05) is 0 Å². The third-order valence-corrected chi connectivity index (χ3v) is 5.31. The van der Waals surface area contributed by atoms with Gasteiger partial charge >= 0.3 is 11.9 Å². The van der Waals surface area contributed by atoms with Crippen molar-refractivity contribution in [3.8, 4) is 5.75 Å². The molecule has 3 rings (SSSR count). The molecule has 3 aromatic rings. The van der Waals surface area contributed by atoms with Crippen molar-refractivity contribution in [1.29, 1.82) is 0 Å². The molecule has 0 fully saturated rings. The van der Waals surface area contributed by atoms with E-state index < -0.39 is 29.7 Å². The second-order valence-corrected chi connectivity index (χ2v) is 8.06. The number of esters is 1. The molecular weight excluding hydrogens is 491 g/mol. The Hall–Kier alpha value is -4.44. The molecule has 0 aliphatic rings. The molecule has 186 valence electrons. The molecule has 1 amide bonds. The van der Waals surface area contributed by atoms with E-state index in [2.05, 4.69) is 10.3 Å². The van der Waals surface area contributed by atoms with E-state index in [4.69, 9.17) is 27.8 Å². The van der Waals surface area contributed by atoms with Crippen LogP contribution in [0.2, 0.25) is 5.02 Å². The van der Waals surface area contributed by atoms with Crippen LogP contribution < -0.4 is 21.5 Å². The first-order valence-corrected chi connectivity index (χ1v) is 11.0. The van der Waals surface area contributed by atoms with Gasteiger partial charge in [0.1, 0.15) is 17.6 Å². The number of ether oxygens (including phenoxy) is 1. The number of hydrogen-bond donors (Lipinski definition) is 4. The Bertz CT molecular complexity index is 1310. The maximum Gasteiger partial charge on any atom is 0.343 e. The lowest BCUT2D eigenvalue weighted by Crippen LogP contribution is -2.43. The zero-order valence-electron chi connectivity index (χ0n) is 18.8. The van der Waals surface area contributed by atoms with E-state index in [1.807, 2.05) is 0 Å². The van der Waals surface area contributed by atoms with Crippen LogP contribution in [-0.4, -0.2) is 35.0 Å². The fourth-order valence-corrected chi connectivity index (χ4v) is 3.46. The van der Waals surface area contributed by atoms with E-state index in [0.717, 1.165) is 0 Å². The quantitative estimate of drug-likeness (QED) is 0.148. The number of nitrogens with two attached hydrogens (primary N) is 2. The van der Waals surface area contributed by atoms with E-state index in [0.29, 0.717) is 11.3 Å². The Labute approximate surface area is 210 Å². The summed E-state index contributed by atoms with van der Waals surface area (Å²) in [4.78, 5) is 40.3. The summed E-state index contributed by atoms with van der Waals surface area (Å²) in [5.74, 6) is -3.10. The number of carboxylic acid groups (broad SMARTS) is 1. The van der Waals surface area contributed by atoms with Crippen LogP contribution in [0.5, 0.6) is 5.75 Å². The van der Waals surface area contributed by atoms with Crippen molar-refractivity contribution >= 4 is 41.1 Å². The number of carboxylic acids is 1. The van der Waals surface area contributed by atoms with Crippen LogP contribution in [0.1, 0.15) is 21.5 Å². The number of nitrogens with one attached hydrogen (secondary N) is 1. The SMILES string of the molecule is NC(N)=Nc1ccc(C(=O)Oc2ccc(CC(=O)N[C@@H](Cc3ccccc3F)C(=O)O)c(Cl)c2)cc1. The molecule has 0 saturated heterocycles. The Kier molecular flexibility index (Phi) is 8.58. The van der Waals surface area contributed by atoms with Gasteiger partial charge in [0.25, 0.3) is 0 Å². The standard InChI is InChI=1S/C25H22ClFN4O5/c26-19-13-18(36-24(35)14-5-8-17(9-6-14)30-25(28)29)10-7-15(19)12-22(32)31-21(23(33)34)11-16-3-1-2-4-20(16)27/h1-10,13,21H,11-12H2,(H,31,32)(H,33,34)(H4,28,29,30)/t21-/m0/s1. The lowest BCUT2D eigenvalue weighted by molar-refractivity contribution is -0.141. The van der Waals surface area contributed by atoms with E-state index in [1.165, 1.54) is 48.5 Å². The van der Waals surface area contributed by atoms with Crippen LogP contribution in [0.4, 0.5) is 10.1 Å². The summed E-state index contributed by atoms with van der Waals surface area (Å²) in [6, 6.07) is 14.8. The Morgan fingerprint density at radius 3 is 2.33 bits per heavy atom. The van der Waals surface area contributed by atoms with Crippen molar-refractivity contribution in [3.63, 3.8) is 0 Å². The highest BCUT2D eigenvalue weighted by Crippen LogP contribution is 2.24. The predicted octanol–water partition coefficient (Wildman–Crippen LogP) is 2.96. The first-order chi connectivity index (χ1) is 17.1. The highest BCUT2D eigenvalue weighted by Gasteiger charge is 2.22. The molecule has 0 heterocycles. The second kappa shape index (κ2) is 11.8. The van der Waals surface area contributed by atoms with Crippen molar-refractivity contribution in [2.45, 2.75) is 18.9 Å². The maximum atomic E-state index is 13.9. The van der Waals surface area contributed by atoms with Gasteiger partial charge in [-0.05, 0) is 53.6 Å². The third-order valence-electron chi connectivity index (χ3n) is 4.96. The summed E-state index contributed by atoms with van der Waals surface area (Å²) in [5, 5.41) is 12.0. The van der Waals surface area contributed by atoms with Crippen molar-refractivity contribution < 1.29 is 28.6 Å². The lowest BCUT2D eigenvalue weighted by atomic mass is 10.0. The van der Waals surface area contributed by atoms with Crippen LogP contribution in [-0.2, 0) is 22.4 Å². The molecule has 11 heteroatoms. The van der Waals surface area contributed by atoms with Gasteiger partial charge in [-0.2, -0.15) is 0 Å². The number of benzene rings is 3. The summed E-state index contributed by atoms with van der Waals surface area (Å²) in [5.41, 5.74) is 11.9. The first kappa shape index (κ1) is 26.2. The van der Waals surface area contributed by atoms with Gasteiger partial charge in [0, 0.05) is 11.4 Å². The molecule has 0 bridgehead atoms. The highest BCUT2D eigenvalue weighted by atomic mass is 35.5. The van der Waals surface area contributed by atoms with E-state index in [9.17, 15) is 23.9 Å². The molecule has 0 spiro atoms. The van der Waals surface area contributed by atoms with Crippen molar-refractivity contribution in [1.82, 2.24) is 5.32 Å². The number of carbonyl (C=O) groups excluding carboxylic acids is 2. The highest BCUT2D eigenvalue weighted by molar-refractivity contribution is 6.31. The van der Waals surface area contributed by atoms with Crippen molar-refractivity contribution in [2.24, 2.45) is 16.5 Å². The summed E-state index contributed by atoms with van der Waals surface area (Å²) in [6.45, 7) is 0. The van der Waals surface area contributed by atoms with Crippen LogP contribution >= 0.6 is 11.6 Å². The average molecular weight is 513 g/mol. The number of hydrogen-bond acceptors (Lipinski definition) is 5. The second-order valence-electron chi connectivity index (χ2n) is 7.66. The minimum absolute atomic E-state index is 0.114. The summed E-state index contributed by atoms with van der Waals surface area (Å²) in [7, 11) is 0. The fraction of sp³-hybridized carbons (Fsp3) is 0.120. The van der Waals surface area contributed by atoms with Gasteiger partial charge in [0.05, 0.1) is 17.7 Å². The number of guanidine groups is 1. The Morgan fingerprint density at radius 1 is 1.03 bits per heavy atom. The van der Waals surface area contributed by atoms with Gasteiger partial charge in [-0.3, -0.25) is 4.79 Å². The van der Waals surface area contributed by atoms with E-state index in [1.54, 1.807) is 18.2 Å². The molecule has 0 radical (unpaired) electrons. The molecule has 1 atom stereocenters. The number of rotatable bonds is 9. The third kappa shape index (κ3) is 7.28. The lowest BCUT2D eigenvalue weighted by Gasteiger charge is -2.15. The minimum atomic E-state index is -1.33. The van der Waals surface area contributed by atoms with Crippen LogP contribution in [0.25, 0.3) is 0 Å². The van der Waals surface area contributed by atoms with Crippen LogP contribution in [0.15, 0.2) is 71.7 Å². The minimum Gasteiger partial charge on any atom is -0.480 e. The number of nitrogens with zero attached hydrogens (tertiary/aromatic N) is 1. The molecule has 3 aromatic carbocycles. The number of amides is 1.